The number of allylic oxidation sites excluding steroid dienone is 2. The molecule has 0 spiro atoms. The second-order valence-corrected chi connectivity index (χ2v) is 6.47. The molecule has 0 bridgehead atoms. The summed E-state index contributed by atoms with van der Waals surface area (Å²) < 4.78 is 14.0. The minimum atomic E-state index is -0.841. The van der Waals surface area contributed by atoms with Crippen molar-refractivity contribution in [3.05, 3.63) is 58.2 Å². The molecule has 1 amide bonds. The predicted octanol–water partition coefficient (Wildman–Crippen LogP) is 1.81. The summed E-state index contributed by atoms with van der Waals surface area (Å²) in [6.07, 6.45) is 1.73. The number of nitrogens with two attached hydrogens (primary N) is 1. The molecule has 3 rings (SSSR count). The van der Waals surface area contributed by atoms with Crippen LogP contribution >= 0.6 is 0 Å². The number of likely N-dealkylation sites (N-methyl/N-ethyl adjacent to an activating group) is 1. The number of hydrogen-bond acceptors (Lipinski definition) is 5. The number of rotatable bonds is 2. The molecule has 7 heteroatoms. The lowest BCUT2D eigenvalue weighted by atomic mass is 9.80. The van der Waals surface area contributed by atoms with Gasteiger partial charge in [-0.25, -0.2) is 4.39 Å². The zero-order chi connectivity index (χ0) is 19.2. The normalized spacial score (nSPS) is 23.0. The number of halogens is 1. The second-order valence-electron chi connectivity index (χ2n) is 6.47. The molecule has 6 nitrogen and oxygen atoms in total. The van der Waals surface area contributed by atoms with Crippen molar-refractivity contribution >= 4 is 11.7 Å². The quantitative estimate of drug-likeness (QED) is 0.818. The maximum Gasteiger partial charge on any atom is 0.237 e. The number of hydrogen-bond donors (Lipinski definition) is 1. The van der Waals surface area contributed by atoms with Crippen LogP contribution in [-0.4, -0.2) is 35.2 Å². The molecule has 2 N–H and O–H groups in total. The highest BCUT2D eigenvalue weighted by molar-refractivity contribution is 6.14. The highest BCUT2D eigenvalue weighted by atomic mass is 19.1. The van der Waals surface area contributed by atoms with Gasteiger partial charge in [0.1, 0.15) is 5.82 Å². The predicted molar refractivity (Wildman–Crippen MR) is 92.5 cm³/mol. The summed E-state index contributed by atoms with van der Waals surface area (Å²) in [7, 11) is 1.61. The smallest absolute Gasteiger partial charge is 0.237 e. The number of amides is 1. The summed E-state index contributed by atoms with van der Waals surface area (Å²) in [5.74, 6) is -1.97. The molecule has 0 fully saturated rings. The van der Waals surface area contributed by atoms with Crippen LogP contribution in [0.3, 0.4) is 0 Å². The van der Waals surface area contributed by atoms with Gasteiger partial charge in [0.15, 0.2) is 5.78 Å². The van der Waals surface area contributed by atoms with Gasteiger partial charge in [-0.15, -0.1) is 0 Å². The number of Topliss-reactive ketones (excluding diaryl/α,β-unsaturated/α-hetero) is 1. The molecule has 134 valence electrons. The monoisotopic (exact) mass is 354 g/mol. The fourth-order valence-corrected chi connectivity index (χ4v) is 3.59. The van der Waals surface area contributed by atoms with Gasteiger partial charge in [0, 0.05) is 18.3 Å². The molecule has 2 aliphatic rings. The average Bonchev–Trinajstić information content (AvgIpc) is 2.63. The number of ketones is 1. The fourth-order valence-electron chi connectivity index (χ4n) is 3.59. The third kappa shape index (κ3) is 2.50. The lowest BCUT2D eigenvalue weighted by Gasteiger charge is -2.43. The summed E-state index contributed by atoms with van der Waals surface area (Å²) in [5, 5.41) is 9.47. The molecule has 26 heavy (non-hydrogen) atoms. The molecular weight excluding hydrogens is 335 g/mol. The van der Waals surface area contributed by atoms with Gasteiger partial charge in [0.25, 0.3) is 0 Å². The Bertz CT molecular complexity index is 913. The summed E-state index contributed by atoms with van der Waals surface area (Å²) >= 11 is 0. The minimum Gasteiger partial charge on any atom is -0.351 e. The Morgan fingerprint density at radius 2 is 2.04 bits per heavy atom. The van der Waals surface area contributed by atoms with Crippen molar-refractivity contribution in [2.45, 2.75) is 19.9 Å². The standard InChI is InChI=1S/C19H19FN4O2/c1-10-6-15-16(18(25)11(2)19(26)23(15)3)17(24(10)9-22)14-7-13(20)5-4-12(14)8-21/h4-7,11,17H,9,22H2,1-3H3. The zero-order valence-electron chi connectivity index (χ0n) is 14.8. The largest absolute Gasteiger partial charge is 0.351 e. The first-order valence-corrected chi connectivity index (χ1v) is 8.22. The van der Waals surface area contributed by atoms with E-state index in [1.165, 1.54) is 23.1 Å². The fraction of sp³-hybridized carbons (Fsp3) is 0.316. The molecule has 2 atom stereocenters. The molecule has 0 radical (unpaired) electrons. The molecule has 0 aromatic heterocycles. The van der Waals surface area contributed by atoms with Gasteiger partial charge in [-0.1, -0.05) is 0 Å². The van der Waals surface area contributed by atoms with E-state index in [0.717, 1.165) is 5.70 Å². The van der Waals surface area contributed by atoms with Crippen molar-refractivity contribution in [2.75, 3.05) is 13.7 Å². The maximum absolute atomic E-state index is 14.0. The molecule has 2 aliphatic heterocycles. The van der Waals surface area contributed by atoms with Crippen LogP contribution in [0.15, 0.2) is 41.2 Å². The van der Waals surface area contributed by atoms with Crippen LogP contribution in [0.2, 0.25) is 0 Å². The topological polar surface area (TPSA) is 90.4 Å². The molecule has 2 unspecified atom stereocenters. The Morgan fingerprint density at radius 1 is 1.35 bits per heavy atom. The van der Waals surface area contributed by atoms with Gasteiger partial charge in [-0.2, -0.15) is 5.26 Å². The van der Waals surface area contributed by atoms with E-state index < -0.39 is 17.8 Å². The highest BCUT2D eigenvalue weighted by Gasteiger charge is 2.44. The third-order valence-corrected chi connectivity index (χ3v) is 5.01. The average molecular weight is 354 g/mol. The van der Waals surface area contributed by atoms with Crippen LogP contribution in [-0.2, 0) is 9.59 Å². The molecule has 1 aromatic rings. The van der Waals surface area contributed by atoms with E-state index in [1.807, 2.05) is 0 Å². The lowest BCUT2D eigenvalue weighted by molar-refractivity contribution is -0.139. The van der Waals surface area contributed by atoms with E-state index in [0.29, 0.717) is 16.8 Å². The van der Waals surface area contributed by atoms with Gasteiger partial charge >= 0.3 is 0 Å². The van der Waals surface area contributed by atoms with Gasteiger partial charge in [-0.05, 0) is 43.7 Å². The summed E-state index contributed by atoms with van der Waals surface area (Å²) in [6, 6.07) is 5.17. The maximum atomic E-state index is 14.0. The molecule has 0 saturated heterocycles. The lowest BCUT2D eigenvalue weighted by Crippen LogP contribution is -2.48. The Morgan fingerprint density at radius 3 is 2.65 bits per heavy atom. The molecule has 1 aromatic carbocycles. The van der Waals surface area contributed by atoms with Crippen LogP contribution in [0.5, 0.6) is 0 Å². The Kier molecular flexibility index (Phi) is 4.38. The van der Waals surface area contributed by atoms with Crippen molar-refractivity contribution in [1.29, 1.82) is 5.26 Å². The van der Waals surface area contributed by atoms with Crippen molar-refractivity contribution in [3.8, 4) is 6.07 Å². The van der Waals surface area contributed by atoms with Crippen LogP contribution in [0.25, 0.3) is 0 Å². The highest BCUT2D eigenvalue weighted by Crippen LogP contribution is 2.43. The van der Waals surface area contributed by atoms with E-state index >= 15 is 0 Å². The Balaban J connectivity index is 2.32. The first-order valence-electron chi connectivity index (χ1n) is 8.22. The van der Waals surface area contributed by atoms with Gasteiger partial charge in [0.05, 0.1) is 36.0 Å². The Hall–Kier alpha value is -2.98. The second kappa shape index (κ2) is 6.39. The molecule has 0 aliphatic carbocycles. The van der Waals surface area contributed by atoms with Crippen LogP contribution in [0.4, 0.5) is 4.39 Å². The van der Waals surface area contributed by atoms with E-state index in [1.54, 1.807) is 31.9 Å². The van der Waals surface area contributed by atoms with Crippen LogP contribution < -0.4 is 5.73 Å². The van der Waals surface area contributed by atoms with Crippen LogP contribution in [0.1, 0.15) is 31.0 Å². The van der Waals surface area contributed by atoms with E-state index in [2.05, 4.69) is 6.07 Å². The molecule has 0 saturated carbocycles. The summed E-state index contributed by atoms with van der Waals surface area (Å²) in [6.45, 7) is 3.43. The van der Waals surface area contributed by atoms with Crippen molar-refractivity contribution < 1.29 is 14.0 Å². The molecular formula is C19H19FN4O2. The number of nitriles is 1. The zero-order valence-corrected chi connectivity index (χ0v) is 14.8. The van der Waals surface area contributed by atoms with Crippen molar-refractivity contribution in [3.63, 3.8) is 0 Å². The Labute approximate surface area is 151 Å². The van der Waals surface area contributed by atoms with Crippen LogP contribution in [0, 0.1) is 23.1 Å². The SMILES string of the molecule is CC1=CC2=C(C(=O)C(C)C(=O)N2C)C(c2cc(F)ccc2C#N)N1CN. The minimum absolute atomic E-state index is 0.0739. The first-order chi connectivity index (χ1) is 12.3. The van der Waals surface area contributed by atoms with Crippen molar-refractivity contribution in [2.24, 2.45) is 11.7 Å². The van der Waals surface area contributed by atoms with Gasteiger partial charge < -0.3 is 15.5 Å². The van der Waals surface area contributed by atoms with E-state index in [4.69, 9.17) is 5.73 Å². The molecule has 2 heterocycles. The number of carbonyl (C=O) groups excluding carboxylic acids is 2. The third-order valence-electron chi connectivity index (χ3n) is 5.01. The number of carbonyl (C=O) groups is 2. The van der Waals surface area contributed by atoms with Crippen molar-refractivity contribution in [1.82, 2.24) is 9.80 Å². The van der Waals surface area contributed by atoms with Gasteiger partial charge in [0.2, 0.25) is 5.91 Å². The first kappa shape index (κ1) is 17.8. The van der Waals surface area contributed by atoms with Gasteiger partial charge in [-0.3, -0.25) is 9.59 Å². The number of benzene rings is 1. The van der Waals surface area contributed by atoms with E-state index in [-0.39, 0.29) is 23.9 Å². The van der Waals surface area contributed by atoms with E-state index in [9.17, 15) is 19.2 Å². The summed E-state index contributed by atoms with van der Waals surface area (Å²) in [4.78, 5) is 28.5. The number of nitrogens with zero attached hydrogens (tertiary/aromatic N) is 3. The summed E-state index contributed by atoms with van der Waals surface area (Å²) in [5.41, 5.74) is 8.09.